The number of nitrogens with one attached hydrogen (secondary N) is 1. The number of nitrogens with zero attached hydrogens (tertiary/aromatic N) is 3. The molecule has 0 bridgehead atoms. The van der Waals surface area contributed by atoms with E-state index in [9.17, 15) is 4.79 Å². The number of carbonyl (C=O) groups is 1. The van der Waals surface area contributed by atoms with Gasteiger partial charge in [0.25, 0.3) is 5.91 Å². The Morgan fingerprint density at radius 3 is 2.60 bits per heavy atom. The highest BCUT2D eigenvalue weighted by molar-refractivity contribution is 8.27. The first-order valence-electron chi connectivity index (χ1n) is 7.66. The Morgan fingerprint density at radius 1 is 1.24 bits per heavy atom. The fourth-order valence-corrected chi connectivity index (χ4v) is 3.24. The number of rotatable bonds is 4. The Balaban J connectivity index is 1.97. The number of amidine groups is 2. The van der Waals surface area contributed by atoms with E-state index in [-0.39, 0.29) is 17.3 Å². The predicted molar refractivity (Wildman–Crippen MR) is 99.4 cm³/mol. The van der Waals surface area contributed by atoms with Crippen molar-refractivity contribution < 1.29 is 14.3 Å². The lowest BCUT2D eigenvalue weighted by Crippen LogP contribution is -2.35. The van der Waals surface area contributed by atoms with E-state index in [0.29, 0.717) is 22.2 Å². The molecule has 130 valence electrons. The minimum absolute atomic E-state index is 0.0212. The molecule has 1 N–H and O–H groups in total. The van der Waals surface area contributed by atoms with Gasteiger partial charge in [0.05, 0.1) is 19.8 Å². The van der Waals surface area contributed by atoms with Crippen molar-refractivity contribution in [2.75, 3.05) is 14.2 Å². The van der Waals surface area contributed by atoms with Crippen LogP contribution in [0.25, 0.3) is 6.08 Å². The lowest BCUT2D eigenvalue weighted by atomic mass is 10.1. The quantitative estimate of drug-likeness (QED) is 0.836. The molecule has 1 aromatic rings. The van der Waals surface area contributed by atoms with Crippen LogP contribution in [0.3, 0.4) is 0 Å². The van der Waals surface area contributed by atoms with Crippen molar-refractivity contribution in [3.63, 3.8) is 0 Å². The van der Waals surface area contributed by atoms with Crippen molar-refractivity contribution in [2.45, 2.75) is 13.8 Å². The SMILES string of the molecule is COc1ccc(/C=C2/C(=N)N3N=C(C(C)C)SC3=NC2=O)cc1OC. The standard InChI is InChI=1S/C17H18N4O3S/c1-9(2)16-20-21-14(18)11(15(22)19-17(21)25-16)7-10-5-6-12(23-3)13(8-10)24-4/h5-9,18H,1-4H3/b11-7-,18-14?. The van der Waals surface area contributed by atoms with Gasteiger partial charge in [0.2, 0.25) is 5.17 Å². The summed E-state index contributed by atoms with van der Waals surface area (Å²) >= 11 is 1.33. The van der Waals surface area contributed by atoms with Crippen molar-refractivity contribution >= 4 is 39.8 Å². The summed E-state index contributed by atoms with van der Waals surface area (Å²) in [6, 6.07) is 5.28. The molecule has 0 aliphatic carbocycles. The fraction of sp³-hybridized carbons (Fsp3) is 0.294. The van der Waals surface area contributed by atoms with Crippen LogP contribution in [0.5, 0.6) is 11.5 Å². The van der Waals surface area contributed by atoms with Crippen LogP contribution in [-0.2, 0) is 4.79 Å². The molecule has 8 heteroatoms. The van der Waals surface area contributed by atoms with Crippen LogP contribution in [0.1, 0.15) is 19.4 Å². The number of fused-ring (bicyclic) bond motifs is 1. The topological polar surface area (TPSA) is 87.3 Å². The van der Waals surface area contributed by atoms with Crippen molar-refractivity contribution in [3.8, 4) is 11.5 Å². The van der Waals surface area contributed by atoms with E-state index in [4.69, 9.17) is 14.9 Å². The summed E-state index contributed by atoms with van der Waals surface area (Å²) in [5.74, 6) is 0.927. The monoisotopic (exact) mass is 358 g/mol. The average molecular weight is 358 g/mol. The molecule has 25 heavy (non-hydrogen) atoms. The van der Waals surface area contributed by atoms with Crippen LogP contribution < -0.4 is 9.47 Å². The predicted octanol–water partition coefficient (Wildman–Crippen LogP) is 2.98. The normalized spacial score (nSPS) is 18.4. The van der Waals surface area contributed by atoms with Crippen molar-refractivity contribution in [1.29, 1.82) is 5.41 Å². The molecule has 0 radical (unpaired) electrons. The van der Waals surface area contributed by atoms with Gasteiger partial charge >= 0.3 is 0 Å². The van der Waals surface area contributed by atoms with Gasteiger partial charge < -0.3 is 9.47 Å². The third-order valence-corrected chi connectivity index (χ3v) is 4.89. The Hall–Kier alpha value is -2.61. The molecule has 1 amide bonds. The minimum atomic E-state index is -0.446. The first-order chi connectivity index (χ1) is 11.9. The van der Waals surface area contributed by atoms with Gasteiger partial charge in [0.1, 0.15) is 5.04 Å². The van der Waals surface area contributed by atoms with Gasteiger partial charge in [-0.25, -0.2) is 0 Å². The highest BCUT2D eigenvalue weighted by Crippen LogP contribution is 2.32. The molecule has 0 saturated carbocycles. The van der Waals surface area contributed by atoms with Gasteiger partial charge in [0, 0.05) is 5.92 Å². The number of ether oxygens (including phenoxy) is 2. The molecule has 2 heterocycles. The van der Waals surface area contributed by atoms with E-state index >= 15 is 0 Å². The van der Waals surface area contributed by atoms with E-state index in [1.807, 2.05) is 13.8 Å². The first kappa shape index (κ1) is 17.2. The smallest absolute Gasteiger partial charge is 0.283 e. The summed E-state index contributed by atoms with van der Waals surface area (Å²) in [5, 5.41) is 15.4. The Bertz CT molecular complexity index is 842. The molecule has 0 saturated heterocycles. The maximum Gasteiger partial charge on any atom is 0.283 e. The second-order valence-electron chi connectivity index (χ2n) is 5.73. The van der Waals surface area contributed by atoms with Crippen LogP contribution in [-0.4, -0.2) is 41.2 Å². The first-order valence-corrected chi connectivity index (χ1v) is 8.48. The maximum absolute atomic E-state index is 12.4. The van der Waals surface area contributed by atoms with Crippen molar-refractivity contribution in [3.05, 3.63) is 29.3 Å². The van der Waals surface area contributed by atoms with Crippen molar-refractivity contribution in [1.82, 2.24) is 5.01 Å². The molecule has 3 rings (SSSR count). The van der Waals surface area contributed by atoms with Gasteiger partial charge in [-0.1, -0.05) is 19.9 Å². The van der Waals surface area contributed by atoms with E-state index < -0.39 is 5.91 Å². The highest BCUT2D eigenvalue weighted by atomic mass is 32.2. The number of hydrogen-bond acceptors (Lipinski definition) is 6. The lowest BCUT2D eigenvalue weighted by Gasteiger charge is -2.20. The number of aliphatic imine (C=N–C) groups is 1. The molecule has 0 aromatic heterocycles. The van der Waals surface area contributed by atoms with Crippen molar-refractivity contribution in [2.24, 2.45) is 16.0 Å². The molecular weight excluding hydrogens is 340 g/mol. The molecule has 2 aliphatic heterocycles. The third kappa shape index (κ3) is 3.17. The van der Waals surface area contributed by atoms with Crippen LogP contribution in [0.15, 0.2) is 33.9 Å². The maximum atomic E-state index is 12.4. The Morgan fingerprint density at radius 2 is 1.96 bits per heavy atom. The molecule has 0 spiro atoms. The molecule has 7 nitrogen and oxygen atoms in total. The summed E-state index contributed by atoms with van der Waals surface area (Å²) in [5.41, 5.74) is 0.898. The summed E-state index contributed by atoms with van der Waals surface area (Å²) in [4.78, 5) is 16.4. The Labute approximate surface area is 149 Å². The van der Waals surface area contributed by atoms with Gasteiger partial charge in [-0.2, -0.15) is 15.1 Å². The van der Waals surface area contributed by atoms with Gasteiger partial charge in [-0.3, -0.25) is 10.2 Å². The zero-order valence-electron chi connectivity index (χ0n) is 14.4. The zero-order chi connectivity index (χ0) is 18.1. The molecule has 2 aliphatic rings. The number of benzene rings is 1. The van der Waals surface area contributed by atoms with Gasteiger partial charge in [-0.15, -0.1) is 0 Å². The number of hydrazone groups is 1. The lowest BCUT2D eigenvalue weighted by molar-refractivity contribution is -0.114. The van der Waals surface area contributed by atoms with Crippen LogP contribution >= 0.6 is 11.8 Å². The summed E-state index contributed by atoms with van der Waals surface area (Å²) < 4.78 is 10.5. The van der Waals surface area contributed by atoms with E-state index in [1.165, 1.54) is 16.8 Å². The van der Waals surface area contributed by atoms with Gasteiger partial charge in [-0.05, 0) is 35.5 Å². The highest BCUT2D eigenvalue weighted by Gasteiger charge is 2.36. The molecule has 0 atom stereocenters. The average Bonchev–Trinajstić information content (AvgIpc) is 3.02. The molecule has 0 fully saturated rings. The number of thioether (sulfide) groups is 1. The van der Waals surface area contributed by atoms with E-state index in [0.717, 1.165) is 5.04 Å². The summed E-state index contributed by atoms with van der Waals surface area (Å²) in [7, 11) is 3.10. The largest absolute Gasteiger partial charge is 0.493 e. The van der Waals surface area contributed by atoms with Crippen LogP contribution in [0.2, 0.25) is 0 Å². The number of methoxy groups -OCH3 is 2. The van der Waals surface area contributed by atoms with E-state index in [2.05, 4.69) is 10.1 Å². The second-order valence-corrected chi connectivity index (χ2v) is 6.71. The third-order valence-electron chi connectivity index (χ3n) is 3.68. The fourth-order valence-electron chi connectivity index (χ4n) is 2.35. The van der Waals surface area contributed by atoms with Gasteiger partial charge in [0.15, 0.2) is 17.3 Å². The molecular formula is C17H18N4O3S. The zero-order valence-corrected chi connectivity index (χ0v) is 15.2. The van der Waals surface area contributed by atoms with Crippen LogP contribution in [0, 0.1) is 11.3 Å². The number of hydrogen-bond donors (Lipinski definition) is 1. The van der Waals surface area contributed by atoms with Crippen LogP contribution in [0.4, 0.5) is 0 Å². The Kier molecular flexibility index (Phi) is 4.63. The molecule has 1 aromatic carbocycles. The molecule has 0 unspecified atom stereocenters. The van der Waals surface area contributed by atoms with E-state index in [1.54, 1.807) is 38.5 Å². The summed E-state index contributed by atoms with van der Waals surface area (Å²) in [6.07, 6.45) is 1.61. The minimum Gasteiger partial charge on any atom is -0.493 e. The summed E-state index contributed by atoms with van der Waals surface area (Å²) in [6.45, 7) is 4.02. The number of carbonyl (C=O) groups excluding carboxylic acids is 1. The second kappa shape index (κ2) is 6.72. The number of amides is 1.